The van der Waals surface area contributed by atoms with Gasteiger partial charge in [-0.05, 0) is 74.2 Å². The lowest BCUT2D eigenvalue weighted by molar-refractivity contribution is 0.0905. The molecule has 1 amide bonds. The summed E-state index contributed by atoms with van der Waals surface area (Å²) in [4.78, 5) is 17.7. The Hall–Kier alpha value is -3.15. The zero-order valence-corrected chi connectivity index (χ0v) is 22.6. The number of hydrogen-bond donors (Lipinski definition) is 1. The van der Waals surface area contributed by atoms with Gasteiger partial charge in [-0.3, -0.25) is 4.79 Å². The summed E-state index contributed by atoms with van der Waals surface area (Å²) in [6.45, 7) is 8.36. The third-order valence-corrected chi connectivity index (χ3v) is 8.09. The third kappa shape index (κ3) is 7.03. The van der Waals surface area contributed by atoms with E-state index in [4.69, 9.17) is 4.74 Å². The van der Waals surface area contributed by atoms with E-state index in [1.54, 1.807) is 0 Å². The molecule has 0 aliphatic carbocycles. The number of amides is 1. The van der Waals surface area contributed by atoms with Crippen LogP contribution in [-0.2, 0) is 0 Å². The van der Waals surface area contributed by atoms with Crippen molar-refractivity contribution in [1.29, 1.82) is 0 Å². The topological polar surface area (TPSA) is 44.8 Å². The highest BCUT2D eigenvalue weighted by Crippen LogP contribution is 2.28. The number of ether oxygens (including phenoxy) is 1. The maximum atomic E-state index is 12.8. The number of nitrogens with one attached hydrogen (secondary N) is 1. The fourth-order valence-corrected chi connectivity index (χ4v) is 5.85. The first-order chi connectivity index (χ1) is 18.7. The molecule has 5 nitrogen and oxygen atoms in total. The van der Waals surface area contributed by atoms with Gasteiger partial charge in [-0.25, -0.2) is 0 Å². The Labute approximate surface area is 227 Å². The first-order valence-corrected chi connectivity index (χ1v) is 14.3. The van der Waals surface area contributed by atoms with Gasteiger partial charge in [-0.2, -0.15) is 0 Å². The minimum absolute atomic E-state index is 0.0131. The maximum absolute atomic E-state index is 12.8. The number of likely N-dealkylation sites (tertiary alicyclic amines) is 2. The minimum Gasteiger partial charge on any atom is -0.490 e. The minimum atomic E-state index is 0.0131. The first-order valence-electron chi connectivity index (χ1n) is 14.3. The van der Waals surface area contributed by atoms with Crippen molar-refractivity contribution in [2.24, 2.45) is 0 Å². The van der Waals surface area contributed by atoms with Crippen molar-refractivity contribution >= 4 is 5.91 Å². The monoisotopic (exact) mass is 511 g/mol. The van der Waals surface area contributed by atoms with Crippen LogP contribution in [0.1, 0.15) is 60.0 Å². The maximum Gasteiger partial charge on any atom is 0.251 e. The highest BCUT2D eigenvalue weighted by Gasteiger charge is 2.25. The van der Waals surface area contributed by atoms with Gasteiger partial charge in [0.05, 0.1) is 0 Å². The molecule has 5 heteroatoms. The molecule has 1 unspecified atom stereocenters. The average Bonchev–Trinajstić information content (AvgIpc) is 2.98. The van der Waals surface area contributed by atoms with E-state index in [0.717, 1.165) is 70.7 Å². The summed E-state index contributed by atoms with van der Waals surface area (Å²) < 4.78 is 6.33. The predicted octanol–water partition coefficient (Wildman–Crippen LogP) is 5.58. The van der Waals surface area contributed by atoms with Crippen molar-refractivity contribution in [3.05, 3.63) is 102 Å². The molecule has 2 fully saturated rings. The molecule has 200 valence electrons. The summed E-state index contributed by atoms with van der Waals surface area (Å²) >= 11 is 0. The van der Waals surface area contributed by atoms with E-state index in [2.05, 4.69) is 82.7 Å². The fraction of sp³-hybridized carbons (Fsp3) is 0.424. The molecular weight excluding hydrogens is 470 g/mol. The van der Waals surface area contributed by atoms with E-state index in [9.17, 15) is 4.79 Å². The number of likely N-dealkylation sites (N-methyl/N-ethyl adjacent to an activating group) is 1. The summed E-state index contributed by atoms with van der Waals surface area (Å²) in [7, 11) is 0. The Morgan fingerprint density at radius 2 is 1.47 bits per heavy atom. The predicted molar refractivity (Wildman–Crippen MR) is 154 cm³/mol. The fourth-order valence-electron chi connectivity index (χ4n) is 5.85. The van der Waals surface area contributed by atoms with Crippen LogP contribution in [0.2, 0.25) is 0 Å². The van der Waals surface area contributed by atoms with Gasteiger partial charge in [0, 0.05) is 43.7 Å². The molecule has 2 saturated heterocycles. The highest BCUT2D eigenvalue weighted by molar-refractivity contribution is 5.94. The van der Waals surface area contributed by atoms with Gasteiger partial charge in [-0.15, -0.1) is 0 Å². The molecule has 2 heterocycles. The number of piperidine rings is 2. The van der Waals surface area contributed by atoms with Gasteiger partial charge in [0.2, 0.25) is 0 Å². The van der Waals surface area contributed by atoms with Crippen molar-refractivity contribution in [1.82, 2.24) is 15.1 Å². The number of benzene rings is 3. The Morgan fingerprint density at radius 1 is 0.842 bits per heavy atom. The highest BCUT2D eigenvalue weighted by atomic mass is 16.5. The van der Waals surface area contributed by atoms with Crippen LogP contribution in [-0.4, -0.2) is 67.1 Å². The normalized spacial score (nSPS) is 19.4. The summed E-state index contributed by atoms with van der Waals surface area (Å²) in [5.74, 6) is 1.23. The second kappa shape index (κ2) is 13.1. The zero-order valence-electron chi connectivity index (χ0n) is 22.6. The summed E-state index contributed by atoms with van der Waals surface area (Å²) in [6, 6.07) is 29.6. The second-order valence-corrected chi connectivity index (χ2v) is 10.7. The molecule has 3 aromatic rings. The van der Waals surface area contributed by atoms with Crippen molar-refractivity contribution in [2.45, 2.75) is 50.7 Å². The molecule has 38 heavy (non-hydrogen) atoms. The van der Waals surface area contributed by atoms with Crippen LogP contribution in [0, 0.1) is 0 Å². The van der Waals surface area contributed by atoms with E-state index >= 15 is 0 Å². The Balaban J connectivity index is 1.11. The summed E-state index contributed by atoms with van der Waals surface area (Å²) in [6.07, 6.45) is 4.42. The number of carbonyl (C=O) groups is 1. The van der Waals surface area contributed by atoms with Crippen LogP contribution >= 0.6 is 0 Å². The van der Waals surface area contributed by atoms with Crippen LogP contribution in [0.5, 0.6) is 5.75 Å². The van der Waals surface area contributed by atoms with E-state index in [1.807, 2.05) is 24.3 Å². The van der Waals surface area contributed by atoms with Crippen molar-refractivity contribution in [2.75, 3.05) is 39.3 Å². The molecule has 0 saturated carbocycles. The standard InChI is InChI=1S/C33H41N3O2/c1-2-35-21-9-14-29(24-35)34-33(37)28-15-17-30(18-16-28)38-31-19-22-36(23-20-31)25-32(26-10-5-3-6-11-26)27-12-7-4-8-13-27/h3-8,10-13,15-18,29,31-32H,2,9,14,19-25H2,1H3,(H,34,37). The Morgan fingerprint density at radius 3 is 2.08 bits per heavy atom. The number of hydrogen-bond acceptors (Lipinski definition) is 4. The van der Waals surface area contributed by atoms with Crippen molar-refractivity contribution in [3.63, 3.8) is 0 Å². The van der Waals surface area contributed by atoms with Gasteiger partial charge in [0.1, 0.15) is 11.9 Å². The zero-order chi connectivity index (χ0) is 26.2. The van der Waals surface area contributed by atoms with Crippen LogP contribution in [0.25, 0.3) is 0 Å². The van der Waals surface area contributed by atoms with Crippen LogP contribution < -0.4 is 10.1 Å². The molecule has 3 aromatic carbocycles. The van der Waals surface area contributed by atoms with E-state index < -0.39 is 0 Å². The molecule has 0 bridgehead atoms. The molecule has 0 aromatic heterocycles. The quantitative estimate of drug-likeness (QED) is 0.408. The molecule has 5 rings (SSSR count). The number of nitrogens with zero attached hydrogens (tertiary/aromatic N) is 2. The second-order valence-electron chi connectivity index (χ2n) is 10.7. The lowest BCUT2D eigenvalue weighted by Crippen LogP contribution is -2.47. The number of carbonyl (C=O) groups excluding carboxylic acids is 1. The lowest BCUT2D eigenvalue weighted by Gasteiger charge is -2.34. The van der Waals surface area contributed by atoms with E-state index in [1.165, 1.54) is 11.1 Å². The van der Waals surface area contributed by atoms with Crippen molar-refractivity contribution < 1.29 is 9.53 Å². The lowest BCUT2D eigenvalue weighted by atomic mass is 9.90. The smallest absolute Gasteiger partial charge is 0.251 e. The molecule has 0 radical (unpaired) electrons. The molecule has 1 atom stereocenters. The molecular formula is C33H41N3O2. The van der Waals surface area contributed by atoms with Crippen LogP contribution in [0.3, 0.4) is 0 Å². The van der Waals surface area contributed by atoms with Gasteiger partial charge in [0.15, 0.2) is 0 Å². The SMILES string of the molecule is CCN1CCCC(NC(=O)c2ccc(OC3CCN(CC(c4ccccc4)c4ccccc4)CC3)cc2)C1. The summed E-state index contributed by atoms with van der Waals surface area (Å²) in [5.41, 5.74) is 3.44. The van der Waals surface area contributed by atoms with Gasteiger partial charge >= 0.3 is 0 Å². The first kappa shape index (κ1) is 26.5. The van der Waals surface area contributed by atoms with Crippen molar-refractivity contribution in [3.8, 4) is 5.75 Å². The third-order valence-electron chi connectivity index (χ3n) is 8.09. The van der Waals surface area contributed by atoms with Gasteiger partial charge < -0.3 is 19.9 Å². The van der Waals surface area contributed by atoms with E-state index in [0.29, 0.717) is 11.5 Å². The number of rotatable bonds is 9. The van der Waals surface area contributed by atoms with Crippen LogP contribution in [0.4, 0.5) is 0 Å². The van der Waals surface area contributed by atoms with Gasteiger partial charge in [-0.1, -0.05) is 67.6 Å². The average molecular weight is 512 g/mol. The van der Waals surface area contributed by atoms with Crippen LogP contribution in [0.15, 0.2) is 84.9 Å². The largest absolute Gasteiger partial charge is 0.490 e. The Bertz CT molecular complexity index is 1090. The molecule has 0 spiro atoms. The molecule has 2 aliphatic heterocycles. The molecule has 1 N–H and O–H groups in total. The van der Waals surface area contributed by atoms with E-state index in [-0.39, 0.29) is 18.1 Å². The summed E-state index contributed by atoms with van der Waals surface area (Å²) in [5, 5.41) is 3.22. The molecule has 2 aliphatic rings. The van der Waals surface area contributed by atoms with Gasteiger partial charge in [0.25, 0.3) is 5.91 Å². The Kier molecular flexibility index (Phi) is 9.11.